The molecular weight excluding hydrogens is 368 g/mol. The molecule has 4 rings (SSSR count). The van der Waals surface area contributed by atoms with Crippen LogP contribution in [0.1, 0.15) is 34.9 Å². The highest BCUT2D eigenvalue weighted by Crippen LogP contribution is 2.35. The van der Waals surface area contributed by atoms with Crippen LogP contribution in [0.15, 0.2) is 70.1 Å². The Balaban J connectivity index is 1.85. The Bertz CT molecular complexity index is 1320. The van der Waals surface area contributed by atoms with Crippen molar-refractivity contribution in [1.82, 2.24) is 4.98 Å². The summed E-state index contributed by atoms with van der Waals surface area (Å²) >= 11 is 0. The maximum atomic E-state index is 6.22. The monoisotopic (exact) mass is 394 g/mol. The first-order valence-corrected chi connectivity index (χ1v) is 10.2. The number of aliphatic imine (C=N–C) groups is 1. The third-order valence-electron chi connectivity index (χ3n) is 5.41. The molecule has 0 fully saturated rings. The number of aromatic nitrogens is 1. The van der Waals surface area contributed by atoms with E-state index in [1.165, 1.54) is 11.1 Å². The summed E-state index contributed by atoms with van der Waals surface area (Å²) in [6.07, 6.45) is 6.16. The molecule has 3 nitrogen and oxygen atoms in total. The van der Waals surface area contributed by atoms with Crippen molar-refractivity contribution >= 4 is 39.4 Å². The molecule has 0 aliphatic heterocycles. The van der Waals surface area contributed by atoms with Crippen LogP contribution in [0.2, 0.25) is 0 Å². The van der Waals surface area contributed by atoms with E-state index in [2.05, 4.69) is 85.4 Å². The van der Waals surface area contributed by atoms with Gasteiger partial charge in [0.2, 0.25) is 5.71 Å². The van der Waals surface area contributed by atoms with E-state index in [0.717, 1.165) is 44.3 Å². The zero-order valence-electron chi connectivity index (χ0n) is 18.2. The zero-order valence-corrected chi connectivity index (χ0v) is 18.2. The third kappa shape index (κ3) is 3.71. The molecule has 0 radical (unpaired) electrons. The third-order valence-corrected chi connectivity index (χ3v) is 5.41. The second-order valence-electron chi connectivity index (χ2n) is 7.77. The lowest BCUT2D eigenvalue weighted by Crippen LogP contribution is -1.89. The van der Waals surface area contributed by atoms with Gasteiger partial charge in [-0.15, -0.1) is 0 Å². The van der Waals surface area contributed by atoms with E-state index in [-0.39, 0.29) is 0 Å². The summed E-state index contributed by atoms with van der Waals surface area (Å²) in [6, 6.07) is 16.9. The molecule has 0 aliphatic rings. The highest BCUT2D eigenvalue weighted by atomic mass is 16.3. The molecule has 0 saturated heterocycles. The number of furan rings is 1. The predicted octanol–water partition coefficient (Wildman–Crippen LogP) is 7.09. The number of hydrogen-bond donors (Lipinski definition) is 0. The summed E-state index contributed by atoms with van der Waals surface area (Å²) in [7, 11) is 1.80. The maximum absolute atomic E-state index is 6.22. The normalized spacial score (nSPS) is 13.1. The van der Waals surface area contributed by atoms with Gasteiger partial charge in [0.05, 0.1) is 0 Å². The van der Waals surface area contributed by atoms with Gasteiger partial charge < -0.3 is 4.42 Å². The first-order valence-electron chi connectivity index (χ1n) is 10.2. The second-order valence-corrected chi connectivity index (χ2v) is 7.77. The van der Waals surface area contributed by atoms with Crippen molar-refractivity contribution in [2.75, 3.05) is 7.05 Å². The number of benzene rings is 2. The van der Waals surface area contributed by atoms with E-state index >= 15 is 0 Å². The molecule has 0 atom stereocenters. The van der Waals surface area contributed by atoms with Crippen molar-refractivity contribution in [3.8, 4) is 0 Å². The molecule has 0 amide bonds. The van der Waals surface area contributed by atoms with Crippen molar-refractivity contribution < 1.29 is 4.42 Å². The van der Waals surface area contributed by atoms with E-state index < -0.39 is 0 Å². The standard InChI is InChI=1S/C27H26N2O/c1-17-6-11-21(12-7-17)22(16-28-5)13-8-18(2)25-19(3)9-14-23-24-15-10-20(4)29-27(24)30-26(23)25/h6-16H,1-5H3/b18-8+,22-13+,28-16?. The summed E-state index contributed by atoms with van der Waals surface area (Å²) in [5, 5.41) is 2.15. The van der Waals surface area contributed by atoms with Gasteiger partial charge in [0.15, 0.2) is 0 Å². The lowest BCUT2D eigenvalue weighted by Gasteiger charge is -2.07. The van der Waals surface area contributed by atoms with Crippen LogP contribution in [0.25, 0.3) is 33.2 Å². The minimum absolute atomic E-state index is 0.693. The van der Waals surface area contributed by atoms with Gasteiger partial charge in [0, 0.05) is 35.3 Å². The SMILES string of the molecule is CN=C/C(=C\C=C(/C)c1c(C)ccc2c1oc1nc(C)ccc12)c1ccc(C)cc1. The van der Waals surface area contributed by atoms with Crippen molar-refractivity contribution in [3.63, 3.8) is 0 Å². The number of hydrogen-bond acceptors (Lipinski definition) is 3. The van der Waals surface area contributed by atoms with E-state index in [0.29, 0.717) is 5.71 Å². The van der Waals surface area contributed by atoms with Gasteiger partial charge in [0.1, 0.15) is 5.58 Å². The smallest absolute Gasteiger partial charge is 0.227 e. The quantitative estimate of drug-likeness (QED) is 0.274. The van der Waals surface area contributed by atoms with Crippen molar-refractivity contribution in [3.05, 3.63) is 88.6 Å². The highest BCUT2D eigenvalue weighted by Gasteiger charge is 2.15. The predicted molar refractivity (Wildman–Crippen MR) is 128 cm³/mol. The molecular formula is C27H26N2O. The van der Waals surface area contributed by atoms with Crippen LogP contribution < -0.4 is 0 Å². The van der Waals surface area contributed by atoms with Crippen LogP contribution in [0.5, 0.6) is 0 Å². The van der Waals surface area contributed by atoms with Crippen LogP contribution in [-0.4, -0.2) is 18.2 Å². The molecule has 0 spiro atoms. The molecule has 2 aromatic carbocycles. The number of rotatable bonds is 4. The molecule has 4 aromatic rings. The minimum atomic E-state index is 0.693. The second kappa shape index (κ2) is 8.11. The van der Waals surface area contributed by atoms with Crippen molar-refractivity contribution in [2.45, 2.75) is 27.7 Å². The molecule has 0 unspecified atom stereocenters. The molecule has 150 valence electrons. The first kappa shape index (κ1) is 19.8. The maximum Gasteiger partial charge on any atom is 0.227 e. The number of pyridine rings is 1. The van der Waals surface area contributed by atoms with Gasteiger partial charge in [0.25, 0.3) is 0 Å². The molecule has 0 bridgehead atoms. The average Bonchev–Trinajstić information content (AvgIpc) is 3.08. The van der Waals surface area contributed by atoms with Crippen LogP contribution in [0.4, 0.5) is 0 Å². The van der Waals surface area contributed by atoms with Crippen LogP contribution in [-0.2, 0) is 0 Å². The molecule has 2 heterocycles. The summed E-state index contributed by atoms with van der Waals surface area (Å²) < 4.78 is 6.22. The summed E-state index contributed by atoms with van der Waals surface area (Å²) in [5.74, 6) is 0. The number of nitrogens with zero attached hydrogens (tertiary/aromatic N) is 2. The summed E-state index contributed by atoms with van der Waals surface area (Å²) in [4.78, 5) is 8.81. The number of aryl methyl sites for hydroxylation is 3. The summed E-state index contributed by atoms with van der Waals surface area (Å²) in [6.45, 7) is 8.32. The fourth-order valence-electron chi connectivity index (χ4n) is 3.80. The molecule has 0 aliphatic carbocycles. The molecule has 0 saturated carbocycles. The molecule has 0 N–H and O–H groups in total. The van der Waals surface area contributed by atoms with E-state index in [1.807, 2.05) is 19.2 Å². The lowest BCUT2D eigenvalue weighted by molar-refractivity contribution is 0.651. The van der Waals surface area contributed by atoms with E-state index in [9.17, 15) is 0 Å². The summed E-state index contributed by atoms with van der Waals surface area (Å²) in [5.41, 5.74) is 9.45. The van der Waals surface area contributed by atoms with Gasteiger partial charge in [-0.2, -0.15) is 0 Å². The topological polar surface area (TPSA) is 38.4 Å². The van der Waals surface area contributed by atoms with E-state index in [4.69, 9.17) is 4.42 Å². The van der Waals surface area contributed by atoms with Crippen molar-refractivity contribution in [1.29, 1.82) is 0 Å². The van der Waals surface area contributed by atoms with Gasteiger partial charge in [-0.05, 0) is 62.1 Å². The highest BCUT2D eigenvalue weighted by molar-refractivity contribution is 6.11. The van der Waals surface area contributed by atoms with Gasteiger partial charge in [-0.25, -0.2) is 4.98 Å². The Labute approximate surface area is 177 Å². The number of fused-ring (bicyclic) bond motifs is 3. The van der Waals surface area contributed by atoms with E-state index in [1.54, 1.807) is 7.05 Å². The Morgan fingerprint density at radius 1 is 0.900 bits per heavy atom. The molecule has 3 heteroatoms. The fraction of sp³-hybridized carbons (Fsp3) is 0.185. The van der Waals surface area contributed by atoms with Gasteiger partial charge >= 0.3 is 0 Å². The Hall–Kier alpha value is -3.46. The van der Waals surface area contributed by atoms with Crippen LogP contribution in [0.3, 0.4) is 0 Å². The number of allylic oxidation sites excluding steroid dienone is 4. The van der Waals surface area contributed by atoms with Crippen LogP contribution >= 0.6 is 0 Å². The Morgan fingerprint density at radius 2 is 1.63 bits per heavy atom. The van der Waals surface area contributed by atoms with Gasteiger partial charge in [-0.3, -0.25) is 4.99 Å². The molecule has 2 aromatic heterocycles. The zero-order chi connectivity index (χ0) is 21.3. The van der Waals surface area contributed by atoms with Gasteiger partial charge in [-0.1, -0.05) is 54.1 Å². The largest absolute Gasteiger partial charge is 0.437 e. The fourth-order valence-corrected chi connectivity index (χ4v) is 3.80. The Kier molecular flexibility index (Phi) is 5.37. The van der Waals surface area contributed by atoms with Crippen molar-refractivity contribution in [2.24, 2.45) is 4.99 Å². The lowest BCUT2D eigenvalue weighted by atomic mass is 9.97. The Morgan fingerprint density at radius 3 is 2.37 bits per heavy atom. The first-order chi connectivity index (χ1) is 14.5. The van der Waals surface area contributed by atoms with Crippen LogP contribution in [0, 0.1) is 20.8 Å². The molecule has 30 heavy (non-hydrogen) atoms. The average molecular weight is 395 g/mol. The minimum Gasteiger partial charge on any atom is -0.437 e.